The van der Waals surface area contributed by atoms with E-state index in [1.54, 1.807) is 4.90 Å². The van der Waals surface area contributed by atoms with E-state index in [-0.39, 0.29) is 11.9 Å². The van der Waals surface area contributed by atoms with Gasteiger partial charge in [0.2, 0.25) is 5.91 Å². The second-order valence-electron chi connectivity index (χ2n) is 7.98. The van der Waals surface area contributed by atoms with Crippen molar-refractivity contribution < 1.29 is 9.59 Å². The molecule has 0 unspecified atom stereocenters. The van der Waals surface area contributed by atoms with E-state index in [1.807, 2.05) is 62.4 Å². The number of thioether (sulfide) groups is 1. The predicted molar refractivity (Wildman–Crippen MR) is 133 cm³/mol. The third-order valence-corrected chi connectivity index (χ3v) is 6.65. The summed E-state index contributed by atoms with van der Waals surface area (Å²) < 4.78 is 0. The van der Waals surface area contributed by atoms with Crippen molar-refractivity contribution in [2.24, 2.45) is 0 Å². The molecule has 4 rings (SSSR count). The van der Waals surface area contributed by atoms with E-state index < -0.39 is 0 Å². The number of fused-ring (bicyclic) bond motifs is 1. The molecular formula is C26H27N3O2S. The minimum absolute atomic E-state index is 0.0668. The normalized spacial score (nSPS) is 13.0. The summed E-state index contributed by atoms with van der Waals surface area (Å²) in [4.78, 5) is 28.3. The number of amides is 3. The Kier molecular flexibility index (Phi) is 6.51. The number of hydrogen-bond acceptors (Lipinski definition) is 3. The van der Waals surface area contributed by atoms with Crippen LogP contribution in [0.25, 0.3) is 0 Å². The van der Waals surface area contributed by atoms with E-state index in [0.717, 1.165) is 39.4 Å². The van der Waals surface area contributed by atoms with Crippen LogP contribution in [0.1, 0.15) is 29.2 Å². The SMILES string of the molecule is CCc1cccc(C)c1NC(=O)Nc1ccc2c(c1)N(Cc1ccc(C)cc1)C(=O)CS2. The van der Waals surface area contributed by atoms with Gasteiger partial charge in [0.15, 0.2) is 0 Å². The molecule has 1 aliphatic heterocycles. The number of carbonyl (C=O) groups excluding carboxylic acids is 2. The van der Waals surface area contributed by atoms with Gasteiger partial charge in [-0.1, -0.05) is 55.0 Å². The fourth-order valence-electron chi connectivity index (χ4n) is 3.81. The van der Waals surface area contributed by atoms with Gasteiger partial charge >= 0.3 is 6.03 Å². The summed E-state index contributed by atoms with van der Waals surface area (Å²) in [5.74, 6) is 0.483. The van der Waals surface area contributed by atoms with Crippen molar-refractivity contribution in [2.45, 2.75) is 38.6 Å². The minimum Gasteiger partial charge on any atom is -0.308 e. The second-order valence-corrected chi connectivity index (χ2v) is 9.00. The van der Waals surface area contributed by atoms with Crippen molar-refractivity contribution in [1.82, 2.24) is 0 Å². The van der Waals surface area contributed by atoms with Crippen LogP contribution in [0.4, 0.5) is 21.9 Å². The summed E-state index contributed by atoms with van der Waals surface area (Å²) in [5, 5.41) is 5.92. The van der Waals surface area contributed by atoms with Crippen LogP contribution in [0.3, 0.4) is 0 Å². The van der Waals surface area contributed by atoms with Gasteiger partial charge in [-0.3, -0.25) is 4.79 Å². The molecule has 3 amide bonds. The maximum absolute atomic E-state index is 12.7. The topological polar surface area (TPSA) is 61.4 Å². The van der Waals surface area contributed by atoms with Crippen LogP contribution in [0.5, 0.6) is 0 Å². The molecule has 0 bridgehead atoms. The highest BCUT2D eigenvalue weighted by Gasteiger charge is 2.25. The Hall–Kier alpha value is -3.25. The zero-order valence-corrected chi connectivity index (χ0v) is 19.4. The maximum atomic E-state index is 12.7. The van der Waals surface area contributed by atoms with E-state index in [4.69, 9.17) is 0 Å². The van der Waals surface area contributed by atoms with E-state index >= 15 is 0 Å². The molecule has 5 nitrogen and oxygen atoms in total. The van der Waals surface area contributed by atoms with Crippen LogP contribution in [-0.2, 0) is 17.8 Å². The molecule has 1 aliphatic rings. The molecule has 0 atom stereocenters. The number of rotatable bonds is 5. The maximum Gasteiger partial charge on any atom is 0.323 e. The van der Waals surface area contributed by atoms with Crippen LogP contribution < -0.4 is 15.5 Å². The highest BCUT2D eigenvalue weighted by molar-refractivity contribution is 8.00. The highest BCUT2D eigenvalue weighted by atomic mass is 32.2. The lowest BCUT2D eigenvalue weighted by atomic mass is 10.1. The van der Waals surface area contributed by atoms with Crippen LogP contribution in [-0.4, -0.2) is 17.7 Å². The van der Waals surface area contributed by atoms with Crippen LogP contribution >= 0.6 is 11.8 Å². The standard InChI is InChI=1S/C26H27N3O2S/c1-4-20-7-5-6-18(3)25(20)28-26(31)27-21-12-13-23-22(14-21)29(24(30)16-32-23)15-19-10-8-17(2)9-11-19/h5-14H,4,15-16H2,1-3H3,(H2,27,28,31). The molecule has 164 valence electrons. The average molecular weight is 446 g/mol. The Balaban J connectivity index is 1.54. The number of benzene rings is 3. The van der Waals surface area contributed by atoms with Crippen molar-refractivity contribution in [2.75, 3.05) is 21.3 Å². The summed E-state index contributed by atoms with van der Waals surface area (Å²) in [7, 11) is 0. The quantitative estimate of drug-likeness (QED) is 0.495. The highest BCUT2D eigenvalue weighted by Crippen LogP contribution is 2.38. The van der Waals surface area contributed by atoms with Crippen LogP contribution in [0, 0.1) is 13.8 Å². The largest absolute Gasteiger partial charge is 0.323 e. The lowest BCUT2D eigenvalue weighted by Crippen LogP contribution is -2.35. The van der Waals surface area contributed by atoms with Crippen molar-refractivity contribution in [3.63, 3.8) is 0 Å². The first-order chi connectivity index (χ1) is 15.4. The van der Waals surface area contributed by atoms with Gasteiger partial charge in [0.1, 0.15) is 0 Å². The smallest absolute Gasteiger partial charge is 0.308 e. The Labute approximate surface area is 193 Å². The molecule has 0 aliphatic carbocycles. The fourth-order valence-corrected chi connectivity index (χ4v) is 4.72. The van der Waals surface area contributed by atoms with Gasteiger partial charge in [0, 0.05) is 16.3 Å². The number of anilines is 3. The number of aryl methyl sites for hydroxylation is 3. The zero-order valence-electron chi connectivity index (χ0n) is 18.6. The Morgan fingerprint density at radius 2 is 1.81 bits per heavy atom. The van der Waals surface area contributed by atoms with Gasteiger partial charge in [0.05, 0.1) is 18.0 Å². The molecule has 3 aromatic rings. The van der Waals surface area contributed by atoms with Crippen molar-refractivity contribution in [3.05, 3.63) is 82.9 Å². The van der Waals surface area contributed by atoms with Gasteiger partial charge in [-0.05, 0) is 55.2 Å². The molecule has 0 radical (unpaired) electrons. The molecule has 0 saturated carbocycles. The minimum atomic E-state index is -0.297. The number of nitrogens with zero attached hydrogens (tertiary/aromatic N) is 1. The number of hydrogen-bond donors (Lipinski definition) is 2. The van der Waals surface area contributed by atoms with Gasteiger partial charge in [0.25, 0.3) is 0 Å². The Morgan fingerprint density at radius 3 is 2.56 bits per heavy atom. The predicted octanol–water partition coefficient (Wildman–Crippen LogP) is 6.15. The molecule has 0 saturated heterocycles. The van der Waals surface area contributed by atoms with E-state index in [0.29, 0.717) is 18.0 Å². The lowest BCUT2D eigenvalue weighted by molar-refractivity contribution is -0.116. The molecule has 0 fully saturated rings. The van der Waals surface area contributed by atoms with Crippen molar-refractivity contribution in [1.29, 1.82) is 0 Å². The van der Waals surface area contributed by atoms with E-state index in [2.05, 4.69) is 29.7 Å². The summed E-state index contributed by atoms with van der Waals surface area (Å²) in [6, 6.07) is 19.6. The molecule has 1 heterocycles. The number of urea groups is 1. The molecular weight excluding hydrogens is 418 g/mol. The zero-order chi connectivity index (χ0) is 22.7. The average Bonchev–Trinajstić information content (AvgIpc) is 2.78. The Bertz CT molecular complexity index is 1160. The molecule has 2 N–H and O–H groups in total. The summed E-state index contributed by atoms with van der Waals surface area (Å²) in [6.45, 7) is 6.61. The molecule has 3 aromatic carbocycles. The Morgan fingerprint density at radius 1 is 1.03 bits per heavy atom. The van der Waals surface area contributed by atoms with Gasteiger partial charge in [-0.25, -0.2) is 4.79 Å². The van der Waals surface area contributed by atoms with Crippen LogP contribution in [0.2, 0.25) is 0 Å². The molecule has 0 spiro atoms. The van der Waals surface area contributed by atoms with E-state index in [9.17, 15) is 9.59 Å². The summed E-state index contributed by atoms with van der Waals surface area (Å²) in [5.41, 5.74) is 6.70. The van der Waals surface area contributed by atoms with Gasteiger partial charge in [-0.2, -0.15) is 0 Å². The van der Waals surface area contributed by atoms with Gasteiger partial charge < -0.3 is 15.5 Å². The first kappa shape index (κ1) is 22.0. The third kappa shape index (κ3) is 4.81. The number of carbonyl (C=O) groups is 2. The molecule has 0 aromatic heterocycles. The first-order valence-corrected chi connectivity index (χ1v) is 11.7. The van der Waals surface area contributed by atoms with E-state index in [1.165, 1.54) is 17.3 Å². The van der Waals surface area contributed by atoms with Crippen molar-refractivity contribution in [3.8, 4) is 0 Å². The molecule has 32 heavy (non-hydrogen) atoms. The van der Waals surface area contributed by atoms with Crippen LogP contribution in [0.15, 0.2) is 65.6 Å². The number of nitrogens with one attached hydrogen (secondary N) is 2. The summed E-state index contributed by atoms with van der Waals surface area (Å²) >= 11 is 1.53. The third-order valence-electron chi connectivity index (χ3n) is 5.60. The fraction of sp³-hybridized carbons (Fsp3) is 0.231. The van der Waals surface area contributed by atoms with Gasteiger partial charge in [-0.15, -0.1) is 11.8 Å². The first-order valence-electron chi connectivity index (χ1n) is 10.7. The second kappa shape index (κ2) is 9.49. The van der Waals surface area contributed by atoms with Crippen molar-refractivity contribution >= 4 is 40.8 Å². The lowest BCUT2D eigenvalue weighted by Gasteiger charge is -2.29. The number of para-hydroxylation sites is 1. The molecule has 6 heteroatoms. The summed E-state index contributed by atoms with van der Waals surface area (Å²) in [6.07, 6.45) is 0.837. The monoisotopic (exact) mass is 445 g/mol.